The molecule has 0 saturated heterocycles. The Morgan fingerprint density at radius 2 is 1.73 bits per heavy atom. The zero-order valence-electron chi connectivity index (χ0n) is 21.2. The van der Waals surface area contributed by atoms with Gasteiger partial charge < -0.3 is 5.32 Å². The highest BCUT2D eigenvalue weighted by atomic mass is 14.9. The highest BCUT2D eigenvalue weighted by molar-refractivity contribution is 5.09. The second kappa shape index (κ2) is 11.5. The van der Waals surface area contributed by atoms with Crippen molar-refractivity contribution in [2.75, 3.05) is 6.54 Å². The maximum Gasteiger partial charge on any atom is 0.00978 e. The van der Waals surface area contributed by atoms with Crippen molar-refractivity contribution in [1.82, 2.24) is 5.32 Å². The number of hydrogen-bond acceptors (Lipinski definition) is 1. The summed E-state index contributed by atoms with van der Waals surface area (Å²) in [6, 6.07) is 0.755. The first-order valence-electron chi connectivity index (χ1n) is 13.9. The SMILES string of the molecule is CCCNC(CC1CC1)C(C)C(C)CCC1C(C)CC1C1CC1C=CC(CC)CC. The highest BCUT2D eigenvalue weighted by Crippen LogP contribution is 2.58. The van der Waals surface area contributed by atoms with Crippen LogP contribution >= 0.6 is 0 Å². The monoisotopic (exact) mass is 415 g/mol. The van der Waals surface area contributed by atoms with E-state index in [0.29, 0.717) is 0 Å². The molecule has 0 amide bonds. The van der Waals surface area contributed by atoms with Gasteiger partial charge in [0.05, 0.1) is 0 Å². The van der Waals surface area contributed by atoms with Gasteiger partial charge in [-0.3, -0.25) is 0 Å². The molecular weight excluding hydrogens is 362 g/mol. The van der Waals surface area contributed by atoms with Crippen molar-refractivity contribution >= 4 is 0 Å². The molecule has 0 aromatic rings. The van der Waals surface area contributed by atoms with Crippen molar-refractivity contribution in [2.45, 2.75) is 112 Å². The van der Waals surface area contributed by atoms with Crippen LogP contribution in [-0.2, 0) is 0 Å². The molecule has 0 bridgehead atoms. The van der Waals surface area contributed by atoms with Gasteiger partial charge in [-0.15, -0.1) is 0 Å². The third-order valence-electron chi connectivity index (χ3n) is 9.47. The number of rotatable bonds is 15. The summed E-state index contributed by atoms with van der Waals surface area (Å²) in [7, 11) is 0. The summed E-state index contributed by atoms with van der Waals surface area (Å²) in [5, 5.41) is 3.91. The molecule has 3 rings (SSSR count). The van der Waals surface area contributed by atoms with Gasteiger partial charge >= 0.3 is 0 Å². The molecule has 0 aromatic carbocycles. The van der Waals surface area contributed by atoms with Crippen molar-refractivity contribution in [3.63, 3.8) is 0 Å². The van der Waals surface area contributed by atoms with Crippen molar-refractivity contribution < 1.29 is 0 Å². The lowest BCUT2D eigenvalue weighted by molar-refractivity contribution is 0.0476. The van der Waals surface area contributed by atoms with Gasteiger partial charge in [-0.05, 0) is 105 Å². The maximum absolute atomic E-state index is 3.91. The van der Waals surface area contributed by atoms with Crippen LogP contribution in [0.4, 0.5) is 0 Å². The van der Waals surface area contributed by atoms with Gasteiger partial charge in [0.1, 0.15) is 0 Å². The second-order valence-electron chi connectivity index (χ2n) is 11.7. The standard InChI is InChI=1S/C29H53N/c1-7-16-30-29(18-24-11-12-24)22(6)20(4)10-15-26-21(5)17-28(26)27-19-25(27)14-13-23(8-2)9-3/h13-14,20-30H,7-12,15-19H2,1-6H3. The Bertz CT molecular complexity index is 516. The molecule has 0 aromatic heterocycles. The van der Waals surface area contributed by atoms with Crippen LogP contribution in [0.2, 0.25) is 0 Å². The van der Waals surface area contributed by atoms with Crippen LogP contribution in [0.3, 0.4) is 0 Å². The van der Waals surface area contributed by atoms with Gasteiger partial charge in [0.2, 0.25) is 0 Å². The lowest BCUT2D eigenvalue weighted by Crippen LogP contribution is -2.40. The van der Waals surface area contributed by atoms with Crippen molar-refractivity contribution in [3.05, 3.63) is 12.2 Å². The van der Waals surface area contributed by atoms with Crippen LogP contribution in [0.5, 0.6) is 0 Å². The first-order chi connectivity index (χ1) is 14.5. The van der Waals surface area contributed by atoms with Gasteiger partial charge in [-0.1, -0.05) is 73.0 Å². The summed E-state index contributed by atoms with van der Waals surface area (Å²) in [5.74, 6) is 8.50. The Balaban J connectivity index is 1.43. The van der Waals surface area contributed by atoms with Gasteiger partial charge in [0.25, 0.3) is 0 Å². The summed E-state index contributed by atoms with van der Waals surface area (Å²) in [6.45, 7) is 15.8. The Kier molecular flexibility index (Phi) is 9.36. The summed E-state index contributed by atoms with van der Waals surface area (Å²) < 4.78 is 0. The molecule has 1 N–H and O–H groups in total. The quantitative estimate of drug-likeness (QED) is 0.266. The summed E-state index contributed by atoms with van der Waals surface area (Å²) in [4.78, 5) is 0. The van der Waals surface area contributed by atoms with Crippen LogP contribution in [0.1, 0.15) is 106 Å². The second-order valence-corrected chi connectivity index (χ2v) is 11.7. The van der Waals surface area contributed by atoms with Crippen LogP contribution < -0.4 is 5.32 Å². The average Bonchev–Trinajstić information content (AvgIpc) is 3.66. The third kappa shape index (κ3) is 6.60. The van der Waals surface area contributed by atoms with E-state index in [2.05, 4.69) is 59.0 Å². The molecule has 0 aliphatic heterocycles. The van der Waals surface area contributed by atoms with Crippen molar-refractivity contribution in [3.8, 4) is 0 Å². The lowest BCUT2D eigenvalue weighted by atomic mass is 9.61. The van der Waals surface area contributed by atoms with Gasteiger partial charge in [-0.2, -0.15) is 0 Å². The molecule has 3 saturated carbocycles. The molecule has 1 nitrogen and oxygen atoms in total. The molecule has 1 heteroatoms. The van der Waals surface area contributed by atoms with E-state index >= 15 is 0 Å². The molecule has 30 heavy (non-hydrogen) atoms. The smallest absolute Gasteiger partial charge is 0.00978 e. The Morgan fingerprint density at radius 1 is 1.00 bits per heavy atom. The summed E-state index contributed by atoms with van der Waals surface area (Å²) in [5.41, 5.74) is 0. The van der Waals surface area contributed by atoms with Crippen LogP contribution in [0.25, 0.3) is 0 Å². The highest BCUT2D eigenvalue weighted by Gasteiger charge is 2.50. The van der Waals surface area contributed by atoms with E-state index in [4.69, 9.17) is 0 Å². The minimum absolute atomic E-state index is 0.755. The zero-order valence-corrected chi connectivity index (χ0v) is 21.2. The van der Waals surface area contributed by atoms with E-state index in [1.807, 2.05) is 0 Å². The van der Waals surface area contributed by atoms with Gasteiger partial charge in [0.15, 0.2) is 0 Å². The summed E-state index contributed by atoms with van der Waals surface area (Å²) in [6.07, 6.45) is 19.4. The number of allylic oxidation sites excluding steroid dienone is 2. The average molecular weight is 416 g/mol. The minimum Gasteiger partial charge on any atom is -0.314 e. The van der Waals surface area contributed by atoms with Crippen LogP contribution in [-0.4, -0.2) is 12.6 Å². The van der Waals surface area contributed by atoms with Crippen molar-refractivity contribution in [2.24, 2.45) is 53.3 Å². The fourth-order valence-electron chi connectivity index (χ4n) is 6.45. The topological polar surface area (TPSA) is 12.0 Å². The van der Waals surface area contributed by atoms with Gasteiger partial charge in [-0.25, -0.2) is 0 Å². The molecule has 3 aliphatic carbocycles. The molecule has 0 spiro atoms. The predicted molar refractivity (Wildman–Crippen MR) is 133 cm³/mol. The Labute approximate surface area is 189 Å². The predicted octanol–water partition coefficient (Wildman–Crippen LogP) is 8.11. The van der Waals surface area contributed by atoms with E-state index in [-0.39, 0.29) is 0 Å². The number of hydrogen-bond donors (Lipinski definition) is 1. The molecule has 3 fully saturated rings. The first-order valence-corrected chi connectivity index (χ1v) is 13.9. The number of nitrogens with one attached hydrogen (secondary N) is 1. The molecule has 8 unspecified atom stereocenters. The van der Waals surface area contributed by atoms with E-state index in [1.165, 1.54) is 70.8 Å². The molecule has 0 heterocycles. The largest absolute Gasteiger partial charge is 0.314 e. The van der Waals surface area contributed by atoms with Crippen LogP contribution in [0, 0.1) is 53.3 Å². The molecule has 3 aliphatic rings. The van der Waals surface area contributed by atoms with E-state index in [9.17, 15) is 0 Å². The molecular formula is C29H53N. The fraction of sp³-hybridized carbons (Fsp3) is 0.931. The fourth-order valence-corrected chi connectivity index (χ4v) is 6.45. The van der Waals surface area contributed by atoms with Crippen molar-refractivity contribution in [1.29, 1.82) is 0 Å². The minimum atomic E-state index is 0.755. The normalized spacial score (nSPS) is 34.2. The molecule has 0 radical (unpaired) electrons. The zero-order chi connectivity index (χ0) is 21.7. The maximum atomic E-state index is 3.91. The van der Waals surface area contributed by atoms with Gasteiger partial charge in [0, 0.05) is 6.04 Å². The van der Waals surface area contributed by atoms with E-state index in [0.717, 1.165) is 59.3 Å². The molecule has 174 valence electrons. The Morgan fingerprint density at radius 3 is 2.33 bits per heavy atom. The third-order valence-corrected chi connectivity index (χ3v) is 9.47. The Hall–Kier alpha value is -0.300. The lowest BCUT2D eigenvalue weighted by Gasteiger charge is -2.45. The molecule has 8 atom stereocenters. The first kappa shape index (κ1) is 24.3. The van der Waals surface area contributed by atoms with E-state index in [1.54, 1.807) is 0 Å². The van der Waals surface area contributed by atoms with E-state index < -0.39 is 0 Å². The van der Waals surface area contributed by atoms with Crippen LogP contribution in [0.15, 0.2) is 12.2 Å². The summed E-state index contributed by atoms with van der Waals surface area (Å²) >= 11 is 0.